The highest BCUT2D eigenvalue weighted by Crippen LogP contribution is 2.40. The molecule has 3 atom stereocenters. The molecular weight excluding hydrogens is 357 g/mol. The van der Waals surface area contributed by atoms with E-state index in [1.54, 1.807) is 17.0 Å². The van der Waals surface area contributed by atoms with Gasteiger partial charge in [0.15, 0.2) is 0 Å². The first kappa shape index (κ1) is 18.7. The summed E-state index contributed by atoms with van der Waals surface area (Å²) in [6, 6.07) is 15.0. The van der Waals surface area contributed by atoms with Crippen molar-refractivity contribution >= 4 is 17.4 Å². The predicted octanol–water partition coefficient (Wildman–Crippen LogP) is 4.22. The van der Waals surface area contributed by atoms with Crippen molar-refractivity contribution in [2.45, 2.75) is 49.8 Å². The van der Waals surface area contributed by atoms with Gasteiger partial charge in [0.2, 0.25) is 0 Å². The number of piperidine rings is 1. The van der Waals surface area contributed by atoms with E-state index in [2.05, 4.69) is 10.6 Å². The number of benzene rings is 2. The molecule has 0 bridgehead atoms. The van der Waals surface area contributed by atoms with Gasteiger partial charge in [-0.2, -0.15) is 0 Å². The van der Waals surface area contributed by atoms with Crippen LogP contribution in [0.4, 0.5) is 20.6 Å². The molecule has 2 fully saturated rings. The Labute approximate surface area is 164 Å². The SMILES string of the molecule is O=C(Nc1ccc(F)cc1)N1CCC(Nc2ccccc2)[C@@]2(O)CCCCC12. The molecule has 0 aromatic heterocycles. The number of nitrogens with one attached hydrogen (secondary N) is 2. The van der Waals surface area contributed by atoms with Gasteiger partial charge in [0.05, 0.1) is 12.1 Å². The number of nitrogens with zero attached hydrogens (tertiary/aromatic N) is 1. The number of para-hydroxylation sites is 1. The van der Waals surface area contributed by atoms with Crippen LogP contribution in [0.5, 0.6) is 0 Å². The first-order valence-electron chi connectivity index (χ1n) is 9.93. The van der Waals surface area contributed by atoms with Gasteiger partial charge in [0, 0.05) is 17.9 Å². The molecular formula is C22H26FN3O2. The fourth-order valence-electron chi connectivity index (χ4n) is 4.57. The molecule has 2 aromatic rings. The second-order valence-electron chi connectivity index (χ2n) is 7.73. The van der Waals surface area contributed by atoms with Gasteiger partial charge in [-0.1, -0.05) is 31.0 Å². The highest BCUT2D eigenvalue weighted by molar-refractivity contribution is 5.89. The minimum absolute atomic E-state index is 0.102. The molecule has 1 aliphatic heterocycles. The molecule has 1 aliphatic carbocycles. The lowest BCUT2D eigenvalue weighted by atomic mass is 9.71. The smallest absolute Gasteiger partial charge is 0.322 e. The summed E-state index contributed by atoms with van der Waals surface area (Å²) in [7, 11) is 0. The van der Waals surface area contributed by atoms with Gasteiger partial charge < -0.3 is 20.6 Å². The minimum Gasteiger partial charge on any atom is -0.386 e. The zero-order chi connectivity index (χ0) is 19.6. The Morgan fingerprint density at radius 1 is 1.04 bits per heavy atom. The normalized spacial score (nSPS) is 27.0. The van der Waals surface area contributed by atoms with E-state index in [1.165, 1.54) is 12.1 Å². The van der Waals surface area contributed by atoms with E-state index in [4.69, 9.17) is 0 Å². The van der Waals surface area contributed by atoms with Crippen LogP contribution in [0.1, 0.15) is 32.1 Å². The van der Waals surface area contributed by atoms with Crippen LogP contribution < -0.4 is 10.6 Å². The van der Waals surface area contributed by atoms with Gasteiger partial charge >= 0.3 is 6.03 Å². The number of rotatable bonds is 3. The molecule has 2 aromatic carbocycles. The third-order valence-electron chi connectivity index (χ3n) is 5.99. The molecule has 1 saturated carbocycles. The summed E-state index contributed by atoms with van der Waals surface area (Å²) < 4.78 is 13.1. The summed E-state index contributed by atoms with van der Waals surface area (Å²) in [6.45, 7) is 0.560. The van der Waals surface area contributed by atoms with Crippen LogP contribution in [-0.2, 0) is 0 Å². The van der Waals surface area contributed by atoms with Crippen molar-refractivity contribution < 1.29 is 14.3 Å². The first-order chi connectivity index (χ1) is 13.6. The molecule has 4 rings (SSSR count). The Morgan fingerprint density at radius 3 is 2.54 bits per heavy atom. The van der Waals surface area contributed by atoms with Crippen LogP contribution in [0.25, 0.3) is 0 Å². The lowest BCUT2D eigenvalue weighted by Gasteiger charge is -2.53. The van der Waals surface area contributed by atoms with Crippen molar-refractivity contribution in [1.29, 1.82) is 0 Å². The number of fused-ring (bicyclic) bond motifs is 1. The van der Waals surface area contributed by atoms with Gasteiger partial charge in [0.1, 0.15) is 11.4 Å². The van der Waals surface area contributed by atoms with Crippen LogP contribution in [0, 0.1) is 5.82 Å². The van der Waals surface area contributed by atoms with Crippen molar-refractivity contribution in [1.82, 2.24) is 4.90 Å². The van der Waals surface area contributed by atoms with Gasteiger partial charge in [-0.3, -0.25) is 0 Å². The standard InChI is InChI=1S/C22H26FN3O2/c23-16-9-11-18(12-10-16)25-21(27)26-15-13-19(24-17-6-2-1-3-7-17)22(28)14-5-4-8-20(22)26/h1-3,6-7,9-12,19-20,24,28H,4-5,8,13-15H2,(H,25,27)/t19?,20?,22-/m0/s1. The quantitative estimate of drug-likeness (QED) is 0.744. The molecule has 0 radical (unpaired) electrons. The maximum atomic E-state index is 13.1. The third kappa shape index (κ3) is 3.69. The summed E-state index contributed by atoms with van der Waals surface area (Å²) in [5.41, 5.74) is 0.566. The number of hydrogen-bond acceptors (Lipinski definition) is 3. The van der Waals surface area contributed by atoms with E-state index in [1.807, 2.05) is 30.3 Å². The first-order valence-corrected chi connectivity index (χ1v) is 9.93. The number of anilines is 2. The Hall–Kier alpha value is -2.60. The van der Waals surface area contributed by atoms with Gasteiger partial charge in [-0.15, -0.1) is 0 Å². The number of amides is 2. The van der Waals surface area contributed by atoms with Gasteiger partial charge in [0.25, 0.3) is 0 Å². The van der Waals surface area contributed by atoms with Crippen molar-refractivity contribution in [3.63, 3.8) is 0 Å². The lowest BCUT2D eigenvalue weighted by molar-refractivity contribution is -0.0955. The molecule has 5 nitrogen and oxygen atoms in total. The van der Waals surface area contributed by atoms with E-state index < -0.39 is 5.60 Å². The Kier molecular flexibility index (Phi) is 5.22. The minimum atomic E-state index is -0.966. The summed E-state index contributed by atoms with van der Waals surface area (Å²) in [5.74, 6) is -0.340. The summed E-state index contributed by atoms with van der Waals surface area (Å²) in [4.78, 5) is 14.7. The highest BCUT2D eigenvalue weighted by Gasteiger charge is 2.52. The molecule has 1 saturated heterocycles. The van der Waals surface area contributed by atoms with Crippen LogP contribution in [0.2, 0.25) is 0 Å². The number of aliphatic hydroxyl groups is 1. The van der Waals surface area contributed by atoms with E-state index in [0.717, 1.165) is 24.9 Å². The average molecular weight is 383 g/mol. The molecule has 2 unspecified atom stereocenters. The van der Waals surface area contributed by atoms with E-state index in [-0.39, 0.29) is 23.9 Å². The molecule has 0 spiro atoms. The Balaban J connectivity index is 1.51. The summed E-state index contributed by atoms with van der Waals surface area (Å²) in [6.07, 6.45) is 4.06. The predicted molar refractivity (Wildman–Crippen MR) is 108 cm³/mol. The molecule has 1 heterocycles. The zero-order valence-electron chi connectivity index (χ0n) is 15.8. The molecule has 2 amide bonds. The average Bonchev–Trinajstić information content (AvgIpc) is 2.71. The second kappa shape index (κ2) is 7.80. The topological polar surface area (TPSA) is 64.6 Å². The maximum absolute atomic E-state index is 13.1. The van der Waals surface area contributed by atoms with E-state index in [9.17, 15) is 14.3 Å². The molecule has 6 heteroatoms. The maximum Gasteiger partial charge on any atom is 0.322 e. The Morgan fingerprint density at radius 2 is 1.79 bits per heavy atom. The third-order valence-corrected chi connectivity index (χ3v) is 5.99. The van der Waals surface area contributed by atoms with Crippen LogP contribution in [0.15, 0.2) is 54.6 Å². The monoisotopic (exact) mass is 383 g/mol. The molecule has 2 aliphatic rings. The highest BCUT2D eigenvalue weighted by atomic mass is 19.1. The van der Waals surface area contributed by atoms with Crippen LogP contribution >= 0.6 is 0 Å². The van der Waals surface area contributed by atoms with E-state index in [0.29, 0.717) is 25.1 Å². The molecule has 148 valence electrons. The molecule has 28 heavy (non-hydrogen) atoms. The number of urea groups is 1. The fourth-order valence-corrected chi connectivity index (χ4v) is 4.57. The summed E-state index contributed by atoms with van der Waals surface area (Å²) in [5, 5.41) is 17.9. The van der Waals surface area contributed by atoms with Crippen LogP contribution in [-0.4, -0.2) is 40.3 Å². The number of carbonyl (C=O) groups excluding carboxylic acids is 1. The van der Waals surface area contributed by atoms with Crippen LogP contribution in [0.3, 0.4) is 0 Å². The number of halogens is 1. The molecule has 3 N–H and O–H groups in total. The van der Waals surface area contributed by atoms with Crippen molar-refractivity contribution in [2.24, 2.45) is 0 Å². The fraction of sp³-hybridized carbons (Fsp3) is 0.409. The van der Waals surface area contributed by atoms with Crippen molar-refractivity contribution in [3.05, 3.63) is 60.4 Å². The number of carbonyl (C=O) groups is 1. The second-order valence-corrected chi connectivity index (χ2v) is 7.73. The zero-order valence-corrected chi connectivity index (χ0v) is 15.8. The van der Waals surface area contributed by atoms with Crippen molar-refractivity contribution in [2.75, 3.05) is 17.2 Å². The summed E-state index contributed by atoms with van der Waals surface area (Å²) >= 11 is 0. The van der Waals surface area contributed by atoms with Gasteiger partial charge in [-0.05, 0) is 55.7 Å². The van der Waals surface area contributed by atoms with Gasteiger partial charge in [-0.25, -0.2) is 9.18 Å². The van der Waals surface area contributed by atoms with E-state index >= 15 is 0 Å². The number of likely N-dealkylation sites (tertiary alicyclic amines) is 1. The number of hydrogen-bond donors (Lipinski definition) is 3. The lowest BCUT2D eigenvalue weighted by Crippen LogP contribution is -2.68. The van der Waals surface area contributed by atoms with Crippen molar-refractivity contribution in [3.8, 4) is 0 Å². The Bertz CT molecular complexity index is 814. The largest absolute Gasteiger partial charge is 0.386 e.